The average Bonchev–Trinajstić information content (AvgIpc) is 3.58. The number of likely N-dealkylation sites (tertiary alicyclic amines) is 1. The first kappa shape index (κ1) is 26.7. The van der Waals surface area contributed by atoms with Gasteiger partial charge in [-0.3, -0.25) is 0 Å². The second-order valence-electron chi connectivity index (χ2n) is 11.4. The van der Waals surface area contributed by atoms with Crippen LogP contribution in [-0.2, 0) is 9.47 Å². The first-order valence-electron chi connectivity index (χ1n) is 13.0. The van der Waals surface area contributed by atoms with Crippen molar-refractivity contribution in [3.8, 4) is 5.82 Å². The van der Waals surface area contributed by atoms with Crippen molar-refractivity contribution in [3.05, 3.63) is 40.8 Å². The Labute approximate surface area is 229 Å². The maximum absolute atomic E-state index is 12.5. The molecular weight excluding hydrogens is 504 g/mol. The van der Waals surface area contributed by atoms with Gasteiger partial charge in [0, 0.05) is 36.1 Å². The molecule has 0 spiro atoms. The second kappa shape index (κ2) is 10.0. The minimum Gasteiger partial charge on any atom is -0.444 e. The van der Waals surface area contributed by atoms with Crippen LogP contribution in [0.4, 0.5) is 10.6 Å². The predicted octanol–water partition coefficient (Wildman–Crippen LogP) is 5.51. The molecule has 1 amide bonds. The Balaban J connectivity index is 0.00000294. The molecule has 0 saturated carbocycles. The van der Waals surface area contributed by atoms with E-state index in [9.17, 15) is 4.79 Å². The Bertz CT molecular complexity index is 1340. The van der Waals surface area contributed by atoms with Crippen LogP contribution in [0.5, 0.6) is 0 Å². The summed E-state index contributed by atoms with van der Waals surface area (Å²) < 4.78 is 13.2. The minimum absolute atomic E-state index is 0. The van der Waals surface area contributed by atoms with Crippen LogP contribution < -0.4 is 4.90 Å². The standard InChI is InChI=1S/C27H33ClN6O3.CH4/c1-16-30-24(33-14-20-10-19(33)15-36-20)12-25(31-16)34-23-11-21(22(28)9-18(23)13-29-34)17-5-7-32(8-6-17)26(35)37-27(2,3)4;/h9,11-13,17,19-20H,5-8,10,14-15H2,1-4H3;1H4. The topological polar surface area (TPSA) is 85.6 Å². The Hall–Kier alpha value is -2.91. The molecular formula is C28H37ClN6O3. The number of anilines is 1. The van der Waals surface area contributed by atoms with Gasteiger partial charge in [-0.2, -0.15) is 5.10 Å². The maximum Gasteiger partial charge on any atom is 0.410 e. The van der Waals surface area contributed by atoms with Gasteiger partial charge in [-0.15, -0.1) is 0 Å². The summed E-state index contributed by atoms with van der Waals surface area (Å²) in [5, 5.41) is 6.37. The summed E-state index contributed by atoms with van der Waals surface area (Å²) in [4.78, 5) is 26.1. The monoisotopic (exact) mass is 540 g/mol. The zero-order valence-corrected chi connectivity index (χ0v) is 22.5. The van der Waals surface area contributed by atoms with Crippen LogP contribution in [0, 0.1) is 6.92 Å². The van der Waals surface area contributed by atoms with Gasteiger partial charge in [-0.25, -0.2) is 19.4 Å². The molecule has 3 aromatic rings. The maximum atomic E-state index is 12.5. The van der Waals surface area contributed by atoms with Gasteiger partial charge in [-0.1, -0.05) is 19.0 Å². The molecule has 3 fully saturated rings. The number of hydrogen-bond acceptors (Lipinski definition) is 7. The van der Waals surface area contributed by atoms with E-state index in [1.54, 1.807) is 4.90 Å². The highest BCUT2D eigenvalue weighted by Crippen LogP contribution is 2.37. The largest absolute Gasteiger partial charge is 0.444 e. The van der Waals surface area contributed by atoms with E-state index in [-0.39, 0.29) is 19.4 Å². The van der Waals surface area contributed by atoms with Crippen molar-refractivity contribution in [1.29, 1.82) is 0 Å². The van der Waals surface area contributed by atoms with Gasteiger partial charge in [0.2, 0.25) is 0 Å². The molecule has 3 aliphatic heterocycles. The number of hydrogen-bond donors (Lipinski definition) is 0. The molecule has 6 rings (SSSR count). The van der Waals surface area contributed by atoms with E-state index < -0.39 is 5.60 Å². The molecule has 0 aliphatic carbocycles. The van der Waals surface area contributed by atoms with E-state index in [2.05, 4.69) is 16.1 Å². The fraction of sp³-hybridized carbons (Fsp3) is 0.571. The third-order valence-electron chi connectivity index (χ3n) is 7.50. The van der Waals surface area contributed by atoms with Gasteiger partial charge >= 0.3 is 6.09 Å². The van der Waals surface area contributed by atoms with Gasteiger partial charge in [0.15, 0.2) is 5.82 Å². The molecule has 3 saturated heterocycles. The molecule has 2 bridgehead atoms. The minimum atomic E-state index is -0.498. The number of piperidine rings is 1. The van der Waals surface area contributed by atoms with E-state index in [0.29, 0.717) is 31.1 Å². The zero-order chi connectivity index (χ0) is 25.9. The van der Waals surface area contributed by atoms with Crippen molar-refractivity contribution in [2.75, 3.05) is 31.1 Å². The number of morpholine rings is 1. The number of fused-ring (bicyclic) bond motifs is 3. The molecule has 2 aromatic heterocycles. The second-order valence-corrected chi connectivity index (χ2v) is 11.8. The average molecular weight is 541 g/mol. The summed E-state index contributed by atoms with van der Waals surface area (Å²) in [6.45, 7) is 10.5. The van der Waals surface area contributed by atoms with E-state index >= 15 is 0 Å². The van der Waals surface area contributed by atoms with Crippen LogP contribution in [0.15, 0.2) is 24.4 Å². The summed E-state index contributed by atoms with van der Waals surface area (Å²) in [5.41, 5.74) is 1.55. The molecule has 5 heterocycles. The molecule has 38 heavy (non-hydrogen) atoms. The van der Waals surface area contributed by atoms with Crippen molar-refractivity contribution >= 4 is 34.4 Å². The number of nitrogens with zero attached hydrogens (tertiary/aromatic N) is 6. The van der Waals surface area contributed by atoms with Gasteiger partial charge in [-0.05, 0) is 70.6 Å². The van der Waals surface area contributed by atoms with Gasteiger partial charge in [0.25, 0.3) is 0 Å². The van der Waals surface area contributed by atoms with Crippen LogP contribution >= 0.6 is 11.6 Å². The highest BCUT2D eigenvalue weighted by molar-refractivity contribution is 6.32. The molecule has 10 heteroatoms. The van der Waals surface area contributed by atoms with Crippen molar-refractivity contribution in [3.63, 3.8) is 0 Å². The van der Waals surface area contributed by atoms with Crippen LogP contribution in [0.25, 0.3) is 16.7 Å². The molecule has 3 aliphatic rings. The van der Waals surface area contributed by atoms with Gasteiger partial charge < -0.3 is 19.3 Å². The van der Waals surface area contributed by atoms with Crippen molar-refractivity contribution in [2.45, 2.75) is 78.0 Å². The van der Waals surface area contributed by atoms with E-state index in [4.69, 9.17) is 31.0 Å². The van der Waals surface area contributed by atoms with Gasteiger partial charge in [0.05, 0.1) is 30.5 Å². The molecule has 204 valence electrons. The number of aryl methyl sites for hydroxylation is 1. The lowest BCUT2D eigenvalue weighted by Gasteiger charge is -2.34. The predicted molar refractivity (Wildman–Crippen MR) is 148 cm³/mol. The number of aromatic nitrogens is 4. The van der Waals surface area contributed by atoms with E-state index in [1.165, 1.54) is 0 Å². The smallest absolute Gasteiger partial charge is 0.410 e. The summed E-state index contributed by atoms with van der Waals surface area (Å²) in [6.07, 6.45) is 4.58. The lowest BCUT2D eigenvalue weighted by atomic mass is 9.89. The molecule has 0 radical (unpaired) electrons. The van der Waals surface area contributed by atoms with Crippen LogP contribution in [-0.4, -0.2) is 74.7 Å². The molecule has 2 unspecified atom stereocenters. The zero-order valence-electron chi connectivity index (χ0n) is 21.8. The fourth-order valence-electron chi connectivity index (χ4n) is 5.73. The number of carbonyl (C=O) groups excluding carboxylic acids is 1. The third kappa shape index (κ3) is 5.06. The van der Waals surface area contributed by atoms with Crippen molar-refractivity contribution in [1.82, 2.24) is 24.6 Å². The fourth-order valence-corrected chi connectivity index (χ4v) is 6.06. The SMILES string of the molecule is C.Cc1nc(N2CC3CC2CO3)cc(-n2ncc3cc(Cl)c(C4CCN(C(=O)OC(C)(C)C)CC4)cc32)n1. The number of ether oxygens (including phenoxy) is 2. The van der Waals surface area contributed by atoms with E-state index in [1.807, 2.05) is 50.7 Å². The highest BCUT2D eigenvalue weighted by Gasteiger charge is 2.40. The Morgan fingerprint density at radius 2 is 1.87 bits per heavy atom. The van der Waals surface area contributed by atoms with Crippen molar-refractivity contribution in [2.24, 2.45) is 0 Å². The Morgan fingerprint density at radius 3 is 2.53 bits per heavy atom. The first-order valence-corrected chi connectivity index (χ1v) is 13.4. The lowest BCUT2D eigenvalue weighted by Crippen LogP contribution is -2.41. The summed E-state index contributed by atoms with van der Waals surface area (Å²) >= 11 is 6.76. The number of rotatable bonds is 3. The van der Waals surface area contributed by atoms with Crippen LogP contribution in [0.2, 0.25) is 5.02 Å². The summed E-state index contributed by atoms with van der Waals surface area (Å²) in [7, 11) is 0. The van der Waals surface area contributed by atoms with Crippen LogP contribution in [0.3, 0.4) is 0 Å². The molecule has 9 nitrogen and oxygen atoms in total. The Morgan fingerprint density at radius 1 is 1.13 bits per heavy atom. The summed E-state index contributed by atoms with van der Waals surface area (Å²) in [6, 6.07) is 6.52. The Kier molecular flexibility index (Phi) is 7.02. The highest BCUT2D eigenvalue weighted by atomic mass is 35.5. The number of amides is 1. The number of halogens is 1. The number of benzene rings is 1. The molecule has 0 N–H and O–H groups in total. The van der Waals surface area contributed by atoms with Gasteiger partial charge in [0.1, 0.15) is 17.2 Å². The van der Waals surface area contributed by atoms with Crippen molar-refractivity contribution < 1.29 is 14.3 Å². The molecule has 1 aromatic carbocycles. The first-order chi connectivity index (χ1) is 17.6. The van der Waals surface area contributed by atoms with Crippen LogP contribution in [0.1, 0.15) is 64.8 Å². The molecule has 2 atom stereocenters. The quantitative estimate of drug-likeness (QED) is 0.433. The normalized spacial score (nSPS) is 21.7. The van der Waals surface area contributed by atoms with E-state index in [0.717, 1.165) is 65.5 Å². The summed E-state index contributed by atoms with van der Waals surface area (Å²) in [5.74, 6) is 2.63. The lowest BCUT2D eigenvalue weighted by molar-refractivity contribution is 0.0205. The number of carbonyl (C=O) groups is 1. The third-order valence-corrected chi connectivity index (χ3v) is 7.82.